The SMILES string of the molecule is Cc1ncsc1CNC(=O)CC(N)CC(C)(C)C. The van der Waals surface area contributed by atoms with E-state index in [9.17, 15) is 4.79 Å². The van der Waals surface area contributed by atoms with Gasteiger partial charge in [-0.05, 0) is 18.8 Å². The second kappa shape index (κ2) is 6.29. The minimum absolute atomic E-state index is 0.0135. The first-order chi connectivity index (χ1) is 8.28. The molecular weight excluding hydrogens is 246 g/mol. The molecule has 0 saturated carbocycles. The molecule has 1 aromatic heterocycles. The molecule has 102 valence electrons. The third kappa shape index (κ3) is 5.60. The number of hydrogen-bond acceptors (Lipinski definition) is 4. The Morgan fingerprint density at radius 1 is 1.56 bits per heavy atom. The minimum Gasteiger partial charge on any atom is -0.351 e. The van der Waals surface area contributed by atoms with Gasteiger partial charge in [-0.2, -0.15) is 0 Å². The second-order valence-electron chi connectivity index (χ2n) is 5.87. The second-order valence-corrected chi connectivity index (χ2v) is 6.81. The number of aromatic nitrogens is 1. The van der Waals surface area contributed by atoms with Gasteiger partial charge in [0.1, 0.15) is 0 Å². The van der Waals surface area contributed by atoms with Gasteiger partial charge in [-0.1, -0.05) is 20.8 Å². The number of hydrogen-bond donors (Lipinski definition) is 2. The lowest BCUT2D eigenvalue weighted by molar-refractivity contribution is -0.121. The van der Waals surface area contributed by atoms with Crippen LogP contribution in [-0.2, 0) is 11.3 Å². The molecule has 0 aliphatic heterocycles. The molecule has 0 spiro atoms. The monoisotopic (exact) mass is 269 g/mol. The topological polar surface area (TPSA) is 68.0 Å². The summed E-state index contributed by atoms with van der Waals surface area (Å²) < 4.78 is 0. The van der Waals surface area contributed by atoms with E-state index in [2.05, 4.69) is 31.1 Å². The van der Waals surface area contributed by atoms with E-state index < -0.39 is 0 Å². The van der Waals surface area contributed by atoms with Crippen LogP contribution in [0.25, 0.3) is 0 Å². The molecule has 0 aliphatic carbocycles. The highest BCUT2D eigenvalue weighted by Gasteiger charge is 2.18. The Morgan fingerprint density at radius 3 is 2.72 bits per heavy atom. The number of nitrogens with two attached hydrogens (primary N) is 1. The fourth-order valence-electron chi connectivity index (χ4n) is 1.84. The van der Waals surface area contributed by atoms with E-state index in [4.69, 9.17) is 5.73 Å². The molecule has 0 aliphatic rings. The first-order valence-electron chi connectivity index (χ1n) is 6.19. The van der Waals surface area contributed by atoms with Crippen LogP contribution in [0.5, 0.6) is 0 Å². The fourth-order valence-corrected chi connectivity index (χ4v) is 2.56. The summed E-state index contributed by atoms with van der Waals surface area (Å²) in [6.07, 6.45) is 1.23. The van der Waals surface area contributed by atoms with Crippen molar-refractivity contribution >= 4 is 17.2 Å². The van der Waals surface area contributed by atoms with Crippen molar-refractivity contribution in [3.8, 4) is 0 Å². The number of nitrogens with zero attached hydrogens (tertiary/aromatic N) is 1. The van der Waals surface area contributed by atoms with Crippen molar-refractivity contribution in [1.29, 1.82) is 0 Å². The molecular formula is C13H23N3OS. The molecule has 18 heavy (non-hydrogen) atoms. The average molecular weight is 269 g/mol. The van der Waals surface area contributed by atoms with E-state index in [1.807, 2.05) is 6.92 Å². The van der Waals surface area contributed by atoms with Crippen LogP contribution in [0, 0.1) is 12.3 Å². The zero-order valence-electron chi connectivity index (χ0n) is 11.6. The Labute approximate surface area is 113 Å². The summed E-state index contributed by atoms with van der Waals surface area (Å²) in [6, 6.07) is -0.0763. The molecule has 0 aromatic carbocycles. The van der Waals surface area contributed by atoms with Gasteiger partial charge in [0.15, 0.2) is 0 Å². The number of rotatable bonds is 5. The van der Waals surface area contributed by atoms with E-state index >= 15 is 0 Å². The lowest BCUT2D eigenvalue weighted by atomic mass is 9.87. The fraction of sp³-hybridized carbons (Fsp3) is 0.692. The first kappa shape index (κ1) is 15.1. The summed E-state index contributed by atoms with van der Waals surface area (Å²) in [7, 11) is 0. The highest BCUT2D eigenvalue weighted by molar-refractivity contribution is 7.09. The van der Waals surface area contributed by atoms with Crippen LogP contribution in [0.2, 0.25) is 0 Å². The Morgan fingerprint density at radius 2 is 2.22 bits per heavy atom. The van der Waals surface area contributed by atoms with Gasteiger partial charge in [0.25, 0.3) is 0 Å². The van der Waals surface area contributed by atoms with Crippen molar-refractivity contribution in [3.05, 3.63) is 16.1 Å². The van der Waals surface area contributed by atoms with Crippen LogP contribution in [0.1, 0.15) is 44.2 Å². The number of carbonyl (C=O) groups is 1. The van der Waals surface area contributed by atoms with Gasteiger partial charge in [-0.15, -0.1) is 11.3 Å². The van der Waals surface area contributed by atoms with E-state index in [1.54, 1.807) is 16.8 Å². The maximum absolute atomic E-state index is 11.7. The summed E-state index contributed by atoms with van der Waals surface area (Å²) in [5.74, 6) is 0.0135. The van der Waals surface area contributed by atoms with Crippen molar-refractivity contribution in [2.75, 3.05) is 0 Å². The molecule has 0 fully saturated rings. The Kier molecular flexibility index (Phi) is 5.28. The standard InChI is InChI=1S/C13H23N3OS/c1-9-11(18-8-16-9)7-15-12(17)5-10(14)6-13(2,3)4/h8,10H,5-7,14H2,1-4H3,(H,15,17). The van der Waals surface area contributed by atoms with Crippen molar-refractivity contribution in [2.45, 2.75) is 53.1 Å². The van der Waals surface area contributed by atoms with Crippen LogP contribution in [-0.4, -0.2) is 16.9 Å². The van der Waals surface area contributed by atoms with E-state index in [0.717, 1.165) is 17.0 Å². The normalized spacial score (nSPS) is 13.4. The summed E-state index contributed by atoms with van der Waals surface area (Å²) in [5, 5.41) is 2.89. The van der Waals surface area contributed by atoms with Gasteiger partial charge >= 0.3 is 0 Å². The lowest BCUT2D eigenvalue weighted by Crippen LogP contribution is -2.33. The average Bonchev–Trinajstić information content (AvgIpc) is 2.57. The van der Waals surface area contributed by atoms with Crippen molar-refractivity contribution in [2.24, 2.45) is 11.1 Å². The van der Waals surface area contributed by atoms with Gasteiger partial charge in [-0.3, -0.25) is 4.79 Å². The van der Waals surface area contributed by atoms with Crippen LogP contribution < -0.4 is 11.1 Å². The summed E-state index contributed by atoms with van der Waals surface area (Å²) in [6.45, 7) is 8.89. The molecule has 1 rings (SSSR count). The van der Waals surface area contributed by atoms with Crippen LogP contribution in [0.4, 0.5) is 0 Å². The first-order valence-corrected chi connectivity index (χ1v) is 7.07. The number of aryl methyl sites for hydroxylation is 1. The van der Waals surface area contributed by atoms with Gasteiger partial charge in [-0.25, -0.2) is 4.98 Å². The van der Waals surface area contributed by atoms with Gasteiger partial charge < -0.3 is 11.1 Å². The third-order valence-electron chi connectivity index (χ3n) is 2.61. The van der Waals surface area contributed by atoms with Crippen LogP contribution in [0.15, 0.2) is 5.51 Å². The molecule has 1 amide bonds. The molecule has 1 unspecified atom stereocenters. The maximum Gasteiger partial charge on any atom is 0.221 e. The molecule has 4 nitrogen and oxygen atoms in total. The molecule has 0 radical (unpaired) electrons. The number of amides is 1. The molecule has 0 saturated heterocycles. The molecule has 0 bridgehead atoms. The molecule has 1 heterocycles. The zero-order chi connectivity index (χ0) is 13.8. The van der Waals surface area contributed by atoms with Crippen molar-refractivity contribution in [3.63, 3.8) is 0 Å². The van der Waals surface area contributed by atoms with Crippen LogP contribution in [0.3, 0.4) is 0 Å². The molecule has 5 heteroatoms. The van der Waals surface area contributed by atoms with Gasteiger partial charge in [0.2, 0.25) is 5.91 Å². The summed E-state index contributed by atoms with van der Waals surface area (Å²) in [4.78, 5) is 17.0. The summed E-state index contributed by atoms with van der Waals surface area (Å²) in [5.41, 5.74) is 8.91. The predicted molar refractivity (Wildman–Crippen MR) is 75.4 cm³/mol. The van der Waals surface area contributed by atoms with Crippen molar-refractivity contribution in [1.82, 2.24) is 10.3 Å². The Hall–Kier alpha value is -0.940. The zero-order valence-corrected chi connectivity index (χ0v) is 12.4. The van der Waals surface area contributed by atoms with Crippen LogP contribution >= 0.6 is 11.3 Å². The maximum atomic E-state index is 11.7. The van der Waals surface area contributed by atoms with Crippen molar-refractivity contribution < 1.29 is 4.79 Å². The molecule has 1 aromatic rings. The van der Waals surface area contributed by atoms with Gasteiger partial charge in [0, 0.05) is 17.3 Å². The predicted octanol–water partition coefficient (Wildman–Crippen LogP) is 2.22. The number of nitrogens with one attached hydrogen (secondary N) is 1. The molecule has 3 N–H and O–H groups in total. The minimum atomic E-state index is -0.0763. The highest BCUT2D eigenvalue weighted by Crippen LogP contribution is 2.21. The third-order valence-corrected chi connectivity index (χ3v) is 3.55. The Balaban J connectivity index is 2.32. The summed E-state index contributed by atoms with van der Waals surface area (Å²) >= 11 is 1.56. The quantitative estimate of drug-likeness (QED) is 0.861. The smallest absolute Gasteiger partial charge is 0.221 e. The van der Waals surface area contributed by atoms with E-state index in [1.165, 1.54) is 0 Å². The van der Waals surface area contributed by atoms with Gasteiger partial charge in [0.05, 0.1) is 17.7 Å². The lowest BCUT2D eigenvalue weighted by Gasteiger charge is -2.22. The number of carbonyl (C=O) groups excluding carboxylic acids is 1. The van der Waals surface area contributed by atoms with E-state index in [0.29, 0.717) is 13.0 Å². The molecule has 1 atom stereocenters. The number of thiazole rings is 1. The largest absolute Gasteiger partial charge is 0.351 e. The van der Waals surface area contributed by atoms with E-state index in [-0.39, 0.29) is 17.4 Å². The highest BCUT2D eigenvalue weighted by atomic mass is 32.1. The Bertz CT molecular complexity index is 395.